The largest absolute Gasteiger partial charge is 0.302 e. The summed E-state index contributed by atoms with van der Waals surface area (Å²) in [6.07, 6.45) is 0. The van der Waals surface area contributed by atoms with Gasteiger partial charge in [-0.05, 0) is 55.2 Å². The molecule has 3 heteroatoms. The van der Waals surface area contributed by atoms with Crippen LogP contribution in [0.2, 0.25) is 0 Å². The molecule has 0 aliphatic heterocycles. The van der Waals surface area contributed by atoms with Crippen molar-refractivity contribution in [2.45, 2.75) is 25.7 Å². The molecule has 0 aliphatic carbocycles. The summed E-state index contributed by atoms with van der Waals surface area (Å²) in [4.78, 5) is 0.437. The highest BCUT2D eigenvalue weighted by Crippen LogP contribution is 2.29. The zero-order valence-corrected chi connectivity index (χ0v) is 11.5. The summed E-state index contributed by atoms with van der Waals surface area (Å²) >= 11 is -1.93. The van der Waals surface area contributed by atoms with E-state index >= 15 is 0 Å². The fraction of sp³-hybridized carbons (Fsp3) is 0.200. The first-order valence-electron chi connectivity index (χ1n) is 5.78. The summed E-state index contributed by atoms with van der Waals surface area (Å²) in [5.41, 5.74) is 5.75. The van der Waals surface area contributed by atoms with Gasteiger partial charge >= 0.3 is 0 Å². The quantitative estimate of drug-likeness (QED) is 0.832. The molecule has 0 aromatic heterocycles. The van der Waals surface area contributed by atoms with Gasteiger partial charge in [-0.15, -0.1) is 0 Å². The molecule has 2 aromatic rings. The second kappa shape index (κ2) is 5.04. The maximum atomic E-state index is 11.1. The molecule has 0 aliphatic rings. The Morgan fingerprint density at radius 2 is 1.61 bits per heavy atom. The van der Waals surface area contributed by atoms with E-state index in [0.29, 0.717) is 4.90 Å². The van der Waals surface area contributed by atoms with Gasteiger partial charge in [-0.2, -0.15) is 0 Å². The normalized spacial score (nSPS) is 12.4. The van der Waals surface area contributed by atoms with Crippen molar-refractivity contribution in [3.8, 4) is 11.1 Å². The Labute approximate surface area is 110 Å². The molecule has 0 bridgehead atoms. The molecule has 0 fully saturated rings. The van der Waals surface area contributed by atoms with Crippen LogP contribution in [0.1, 0.15) is 16.7 Å². The molecule has 94 valence electrons. The first-order valence-corrected chi connectivity index (χ1v) is 6.89. The van der Waals surface area contributed by atoms with Crippen molar-refractivity contribution in [1.82, 2.24) is 0 Å². The monoisotopic (exact) mass is 260 g/mol. The van der Waals surface area contributed by atoms with Crippen LogP contribution >= 0.6 is 0 Å². The van der Waals surface area contributed by atoms with Gasteiger partial charge in [-0.3, -0.25) is 0 Å². The molecule has 0 radical (unpaired) electrons. The molecule has 1 atom stereocenters. The molecule has 0 spiro atoms. The third-order valence-corrected chi connectivity index (χ3v) is 3.66. The highest BCUT2D eigenvalue weighted by atomic mass is 32.2. The number of aryl methyl sites for hydroxylation is 3. The van der Waals surface area contributed by atoms with Crippen molar-refractivity contribution in [1.29, 1.82) is 0 Å². The molecule has 0 heterocycles. The predicted molar refractivity (Wildman–Crippen MR) is 75.1 cm³/mol. The average molecular weight is 260 g/mol. The third-order valence-electron chi connectivity index (χ3n) is 3.00. The summed E-state index contributed by atoms with van der Waals surface area (Å²) in [6, 6.07) is 11.5. The minimum atomic E-state index is -1.93. The standard InChI is InChI=1S/C15H16O2S/c1-10-7-11(2)15(12(3)8-10)13-5-4-6-14(9-13)18(16)17/h4-9H,1-3H3,(H,16,17). The lowest BCUT2D eigenvalue weighted by molar-refractivity contribution is 0.564. The van der Waals surface area contributed by atoms with E-state index in [1.807, 2.05) is 12.1 Å². The van der Waals surface area contributed by atoms with Crippen molar-refractivity contribution in [2.75, 3.05) is 0 Å². The van der Waals surface area contributed by atoms with Crippen LogP contribution in [0.25, 0.3) is 11.1 Å². The van der Waals surface area contributed by atoms with Gasteiger partial charge in [0.25, 0.3) is 0 Å². The van der Waals surface area contributed by atoms with Crippen molar-refractivity contribution < 1.29 is 8.76 Å². The molecule has 1 N–H and O–H groups in total. The van der Waals surface area contributed by atoms with E-state index in [-0.39, 0.29) is 0 Å². The fourth-order valence-electron chi connectivity index (χ4n) is 2.40. The Morgan fingerprint density at radius 1 is 1.00 bits per heavy atom. The van der Waals surface area contributed by atoms with Gasteiger partial charge < -0.3 is 4.55 Å². The van der Waals surface area contributed by atoms with Crippen LogP contribution in [-0.4, -0.2) is 8.76 Å². The minimum Gasteiger partial charge on any atom is -0.302 e. The smallest absolute Gasteiger partial charge is 0.186 e. The van der Waals surface area contributed by atoms with Crippen LogP contribution in [0.4, 0.5) is 0 Å². The molecule has 2 nitrogen and oxygen atoms in total. The lowest BCUT2D eigenvalue weighted by Gasteiger charge is -2.12. The van der Waals surface area contributed by atoms with E-state index in [0.717, 1.165) is 11.1 Å². The summed E-state index contributed by atoms with van der Waals surface area (Å²) in [6.45, 7) is 6.21. The molecule has 2 aromatic carbocycles. The van der Waals surface area contributed by atoms with Crippen molar-refractivity contribution >= 4 is 11.1 Å². The predicted octanol–water partition coefficient (Wildman–Crippen LogP) is 3.86. The van der Waals surface area contributed by atoms with E-state index in [4.69, 9.17) is 4.55 Å². The lowest BCUT2D eigenvalue weighted by atomic mass is 9.94. The Kier molecular flexibility index (Phi) is 3.64. The molecule has 1 unspecified atom stereocenters. The Morgan fingerprint density at radius 3 is 2.17 bits per heavy atom. The molecular formula is C15H16O2S. The van der Waals surface area contributed by atoms with Gasteiger partial charge in [0.05, 0.1) is 4.90 Å². The Hall–Kier alpha value is -1.45. The molecule has 2 rings (SSSR count). The van der Waals surface area contributed by atoms with Crippen molar-refractivity contribution in [3.05, 3.63) is 53.1 Å². The summed E-state index contributed by atoms with van der Waals surface area (Å²) in [5.74, 6) is 0. The van der Waals surface area contributed by atoms with E-state index in [2.05, 4.69) is 32.9 Å². The van der Waals surface area contributed by atoms with Crippen LogP contribution in [0.15, 0.2) is 41.3 Å². The first kappa shape index (κ1) is 13.0. The number of rotatable bonds is 2. The Balaban J connectivity index is 2.62. The van der Waals surface area contributed by atoms with Gasteiger partial charge in [0.2, 0.25) is 0 Å². The molecule has 0 amide bonds. The molecular weight excluding hydrogens is 244 g/mol. The summed E-state index contributed by atoms with van der Waals surface area (Å²) < 4.78 is 20.3. The molecule has 0 saturated carbocycles. The zero-order chi connectivity index (χ0) is 13.3. The third kappa shape index (κ3) is 2.52. The number of benzene rings is 2. The fourth-order valence-corrected chi connectivity index (χ4v) is 2.82. The summed E-state index contributed by atoms with van der Waals surface area (Å²) in [5, 5.41) is 0. The lowest BCUT2D eigenvalue weighted by Crippen LogP contribution is -1.93. The maximum Gasteiger partial charge on any atom is 0.186 e. The van der Waals surface area contributed by atoms with E-state index < -0.39 is 11.1 Å². The average Bonchev–Trinajstić information content (AvgIpc) is 2.28. The van der Waals surface area contributed by atoms with Crippen LogP contribution in [-0.2, 0) is 11.1 Å². The van der Waals surface area contributed by atoms with Gasteiger partial charge in [-0.25, -0.2) is 4.21 Å². The number of hydrogen-bond acceptors (Lipinski definition) is 1. The van der Waals surface area contributed by atoms with Gasteiger partial charge in [-0.1, -0.05) is 29.8 Å². The second-order valence-corrected chi connectivity index (χ2v) is 5.52. The van der Waals surface area contributed by atoms with Gasteiger partial charge in [0, 0.05) is 0 Å². The van der Waals surface area contributed by atoms with E-state index in [9.17, 15) is 4.21 Å². The van der Waals surface area contributed by atoms with Crippen molar-refractivity contribution in [3.63, 3.8) is 0 Å². The molecule has 0 saturated heterocycles. The summed E-state index contributed by atoms with van der Waals surface area (Å²) in [7, 11) is 0. The van der Waals surface area contributed by atoms with Crippen LogP contribution < -0.4 is 0 Å². The van der Waals surface area contributed by atoms with E-state index in [1.54, 1.807) is 12.1 Å². The van der Waals surface area contributed by atoms with Crippen LogP contribution in [0, 0.1) is 20.8 Å². The number of hydrogen-bond donors (Lipinski definition) is 1. The van der Waals surface area contributed by atoms with Crippen LogP contribution in [0.5, 0.6) is 0 Å². The van der Waals surface area contributed by atoms with Crippen LogP contribution in [0.3, 0.4) is 0 Å². The van der Waals surface area contributed by atoms with Gasteiger partial charge in [0.1, 0.15) is 0 Å². The topological polar surface area (TPSA) is 37.3 Å². The van der Waals surface area contributed by atoms with E-state index in [1.165, 1.54) is 16.7 Å². The van der Waals surface area contributed by atoms with Crippen molar-refractivity contribution in [2.24, 2.45) is 0 Å². The highest BCUT2D eigenvalue weighted by Gasteiger charge is 2.08. The first-order chi connectivity index (χ1) is 8.49. The second-order valence-electron chi connectivity index (χ2n) is 4.55. The van der Waals surface area contributed by atoms with Gasteiger partial charge in [0.15, 0.2) is 11.1 Å². The minimum absolute atomic E-state index is 0.437. The zero-order valence-electron chi connectivity index (χ0n) is 10.7. The maximum absolute atomic E-state index is 11.1. The highest BCUT2D eigenvalue weighted by molar-refractivity contribution is 7.79. The Bertz CT molecular complexity index is 595. The molecule has 18 heavy (non-hydrogen) atoms. The SMILES string of the molecule is Cc1cc(C)c(-c2cccc(S(=O)O)c2)c(C)c1.